The van der Waals surface area contributed by atoms with Gasteiger partial charge in [0, 0.05) is 18.3 Å². The molecule has 0 unspecified atom stereocenters. The minimum atomic E-state index is -3.80. The van der Waals surface area contributed by atoms with E-state index in [1.54, 1.807) is 6.07 Å². The maximum atomic E-state index is 12.4. The average molecular weight is 348 g/mol. The van der Waals surface area contributed by atoms with Gasteiger partial charge in [0.2, 0.25) is 0 Å². The highest BCUT2D eigenvalue weighted by Gasteiger charge is 2.22. The zero-order chi connectivity index (χ0) is 17.9. The first-order chi connectivity index (χ1) is 11.3. The van der Waals surface area contributed by atoms with Crippen LogP contribution in [0.25, 0.3) is 0 Å². The van der Waals surface area contributed by atoms with Crippen LogP contribution in [-0.4, -0.2) is 33.0 Å². The Kier molecular flexibility index (Phi) is 5.38. The number of nitrogens with zero attached hydrogens (tertiary/aromatic N) is 1. The number of carbonyl (C=O) groups excluding carboxylic acids is 1. The van der Waals surface area contributed by atoms with Crippen molar-refractivity contribution in [3.63, 3.8) is 0 Å². The first kappa shape index (κ1) is 18.1. The molecule has 2 aromatic rings. The van der Waals surface area contributed by atoms with E-state index in [0.717, 1.165) is 15.6 Å². The molecule has 0 bridgehead atoms. The molecule has 0 atom stereocenters. The third kappa shape index (κ3) is 3.81. The quantitative estimate of drug-likeness (QED) is 0.843. The average Bonchev–Trinajstić information content (AvgIpc) is 2.57. The van der Waals surface area contributed by atoms with Gasteiger partial charge in [-0.3, -0.25) is 9.63 Å². The van der Waals surface area contributed by atoms with Crippen molar-refractivity contribution < 1.29 is 18.0 Å². The summed E-state index contributed by atoms with van der Waals surface area (Å²) in [6.45, 7) is 3.83. The van der Waals surface area contributed by atoms with Crippen LogP contribution in [0.1, 0.15) is 21.5 Å². The molecular weight excluding hydrogens is 328 g/mol. The minimum absolute atomic E-state index is 0.0135. The molecule has 0 aliphatic rings. The Morgan fingerprint density at radius 1 is 1.12 bits per heavy atom. The van der Waals surface area contributed by atoms with Crippen molar-refractivity contribution in [3.05, 3.63) is 59.2 Å². The Bertz CT molecular complexity index is 863. The highest BCUT2D eigenvalue weighted by molar-refractivity contribution is 7.89. The van der Waals surface area contributed by atoms with E-state index in [9.17, 15) is 13.2 Å². The van der Waals surface area contributed by atoms with Crippen molar-refractivity contribution in [1.29, 1.82) is 0 Å². The molecule has 128 valence electrons. The molecule has 0 radical (unpaired) electrons. The summed E-state index contributed by atoms with van der Waals surface area (Å²) in [7, 11) is -1.25. The second kappa shape index (κ2) is 7.12. The third-order valence-electron chi connectivity index (χ3n) is 3.63. The topological polar surface area (TPSA) is 75.7 Å². The smallest absolute Gasteiger partial charge is 0.264 e. The van der Waals surface area contributed by atoms with Crippen LogP contribution in [-0.2, 0) is 14.9 Å². The number of hydroxylamine groups is 1. The van der Waals surface area contributed by atoms with Gasteiger partial charge in [0.25, 0.3) is 15.9 Å². The number of rotatable bonds is 5. The summed E-state index contributed by atoms with van der Waals surface area (Å²) in [6.07, 6.45) is 0. The molecule has 0 spiro atoms. The minimum Gasteiger partial charge on any atom is -0.322 e. The zero-order valence-electron chi connectivity index (χ0n) is 14.0. The molecule has 7 heteroatoms. The number of benzene rings is 2. The van der Waals surface area contributed by atoms with Crippen LogP contribution in [0.2, 0.25) is 0 Å². The number of hydrogen-bond acceptors (Lipinski definition) is 4. The summed E-state index contributed by atoms with van der Waals surface area (Å²) >= 11 is 0. The highest BCUT2D eigenvalue weighted by Crippen LogP contribution is 2.19. The summed E-state index contributed by atoms with van der Waals surface area (Å²) in [5.74, 6) is -0.374. The molecule has 2 aromatic carbocycles. The van der Waals surface area contributed by atoms with Crippen LogP contribution < -0.4 is 5.32 Å². The van der Waals surface area contributed by atoms with Crippen molar-refractivity contribution >= 4 is 21.6 Å². The molecular formula is C17H20N2O4S. The van der Waals surface area contributed by atoms with E-state index in [-0.39, 0.29) is 16.4 Å². The van der Waals surface area contributed by atoms with Gasteiger partial charge in [-0.2, -0.15) is 0 Å². The second-order valence-corrected chi connectivity index (χ2v) is 7.33. The van der Waals surface area contributed by atoms with Gasteiger partial charge < -0.3 is 5.32 Å². The van der Waals surface area contributed by atoms with Crippen molar-refractivity contribution in [3.8, 4) is 0 Å². The SMILES string of the molecule is CON(C)S(=O)(=O)c1cccc(C(=O)Nc2cc(C)ccc2C)c1. The summed E-state index contributed by atoms with van der Waals surface area (Å²) in [6, 6.07) is 11.6. The Morgan fingerprint density at radius 3 is 2.50 bits per heavy atom. The molecule has 0 heterocycles. The molecule has 0 saturated carbocycles. The van der Waals surface area contributed by atoms with Crippen LogP contribution in [0.4, 0.5) is 5.69 Å². The lowest BCUT2D eigenvalue weighted by Crippen LogP contribution is -2.26. The van der Waals surface area contributed by atoms with Crippen LogP contribution in [0, 0.1) is 13.8 Å². The lowest BCUT2D eigenvalue weighted by Gasteiger charge is -2.15. The van der Waals surface area contributed by atoms with E-state index in [0.29, 0.717) is 5.69 Å². The van der Waals surface area contributed by atoms with Gasteiger partial charge in [0.15, 0.2) is 0 Å². The number of amides is 1. The highest BCUT2D eigenvalue weighted by atomic mass is 32.2. The maximum Gasteiger partial charge on any atom is 0.264 e. The first-order valence-electron chi connectivity index (χ1n) is 7.27. The van der Waals surface area contributed by atoms with E-state index < -0.39 is 10.0 Å². The maximum absolute atomic E-state index is 12.4. The largest absolute Gasteiger partial charge is 0.322 e. The molecule has 0 saturated heterocycles. The second-order valence-electron chi connectivity index (χ2n) is 5.40. The predicted octanol–water partition coefficient (Wildman–Crippen LogP) is 2.74. The van der Waals surface area contributed by atoms with Crippen molar-refractivity contribution in [2.45, 2.75) is 18.7 Å². The van der Waals surface area contributed by atoms with Gasteiger partial charge in [-0.1, -0.05) is 22.7 Å². The van der Waals surface area contributed by atoms with Crippen molar-refractivity contribution in [2.75, 3.05) is 19.5 Å². The standard InChI is InChI=1S/C17H20N2O4S/c1-12-8-9-13(2)16(10-12)18-17(20)14-6-5-7-15(11-14)24(21,22)19(3)23-4/h5-11H,1-4H3,(H,18,20). The Hall–Kier alpha value is -2.22. The van der Waals surface area contributed by atoms with Crippen LogP contribution in [0.3, 0.4) is 0 Å². The molecule has 0 fully saturated rings. The summed E-state index contributed by atoms with van der Waals surface area (Å²) in [4.78, 5) is 17.2. The van der Waals surface area contributed by atoms with Gasteiger partial charge >= 0.3 is 0 Å². The summed E-state index contributed by atoms with van der Waals surface area (Å²) in [5, 5.41) is 2.81. The van der Waals surface area contributed by atoms with Crippen LogP contribution >= 0.6 is 0 Å². The van der Waals surface area contributed by atoms with E-state index in [4.69, 9.17) is 4.84 Å². The third-order valence-corrected chi connectivity index (χ3v) is 5.31. The zero-order valence-corrected chi connectivity index (χ0v) is 14.8. The summed E-state index contributed by atoms with van der Waals surface area (Å²) in [5.41, 5.74) is 2.90. The Labute approximate surface area is 142 Å². The first-order valence-corrected chi connectivity index (χ1v) is 8.71. The van der Waals surface area contributed by atoms with Gasteiger partial charge in [0.05, 0.1) is 12.0 Å². The molecule has 6 nitrogen and oxygen atoms in total. The number of anilines is 1. The lowest BCUT2D eigenvalue weighted by atomic mass is 10.1. The number of aryl methyl sites for hydroxylation is 2. The number of carbonyl (C=O) groups is 1. The monoisotopic (exact) mass is 348 g/mol. The summed E-state index contributed by atoms with van der Waals surface area (Å²) < 4.78 is 25.3. The fraction of sp³-hybridized carbons (Fsp3) is 0.235. The normalized spacial score (nSPS) is 11.5. The fourth-order valence-electron chi connectivity index (χ4n) is 2.11. The van der Waals surface area contributed by atoms with E-state index >= 15 is 0 Å². The molecule has 0 aromatic heterocycles. The molecule has 1 N–H and O–H groups in total. The van der Waals surface area contributed by atoms with Gasteiger partial charge in [-0.15, -0.1) is 0 Å². The van der Waals surface area contributed by atoms with Crippen LogP contribution in [0.15, 0.2) is 47.4 Å². The molecule has 0 aliphatic carbocycles. The van der Waals surface area contributed by atoms with E-state index in [1.807, 2.05) is 32.0 Å². The van der Waals surface area contributed by atoms with Crippen molar-refractivity contribution in [2.24, 2.45) is 0 Å². The Morgan fingerprint density at radius 2 is 1.83 bits per heavy atom. The predicted molar refractivity (Wildman–Crippen MR) is 92.3 cm³/mol. The van der Waals surface area contributed by atoms with Gasteiger partial charge in [0.1, 0.15) is 0 Å². The van der Waals surface area contributed by atoms with E-state index in [2.05, 4.69) is 5.32 Å². The van der Waals surface area contributed by atoms with Crippen LogP contribution in [0.5, 0.6) is 0 Å². The van der Waals surface area contributed by atoms with E-state index in [1.165, 1.54) is 32.4 Å². The van der Waals surface area contributed by atoms with Gasteiger partial charge in [-0.05, 0) is 49.2 Å². The molecule has 0 aliphatic heterocycles. The number of hydrogen-bond donors (Lipinski definition) is 1. The lowest BCUT2D eigenvalue weighted by molar-refractivity contribution is -0.0258. The van der Waals surface area contributed by atoms with Crippen molar-refractivity contribution in [1.82, 2.24) is 4.47 Å². The Balaban J connectivity index is 2.31. The number of nitrogens with one attached hydrogen (secondary N) is 1. The molecule has 1 amide bonds. The van der Waals surface area contributed by atoms with Gasteiger partial charge in [-0.25, -0.2) is 8.42 Å². The number of sulfonamides is 1. The fourth-order valence-corrected chi connectivity index (χ4v) is 3.13. The molecule has 24 heavy (non-hydrogen) atoms. The molecule has 2 rings (SSSR count).